The molecule has 6 nitrogen and oxygen atoms in total. The van der Waals surface area contributed by atoms with Crippen molar-refractivity contribution in [3.8, 4) is 6.07 Å². The van der Waals surface area contributed by atoms with Crippen molar-refractivity contribution in [1.29, 1.82) is 5.26 Å². The molecule has 0 radical (unpaired) electrons. The number of hydrogen-bond acceptors (Lipinski definition) is 5. The summed E-state index contributed by atoms with van der Waals surface area (Å²) in [4.78, 5) is 6.70. The van der Waals surface area contributed by atoms with Crippen LogP contribution < -0.4 is 5.32 Å². The number of β-amino-alcohol motifs (C(OH)–C–C–N with tert-alkyl or cyclic N) is 1. The Morgan fingerprint density at radius 1 is 1.19 bits per heavy atom. The monoisotopic (exact) mass is 347 g/mol. The van der Waals surface area contributed by atoms with Crippen LogP contribution in [0, 0.1) is 11.3 Å². The second-order valence-electron chi connectivity index (χ2n) is 6.64. The fourth-order valence-electron chi connectivity index (χ4n) is 3.51. The highest BCUT2D eigenvalue weighted by Crippen LogP contribution is 2.19. The molecular weight excluding hydrogens is 326 g/mol. The number of aliphatic hydroxyl groups is 1. The summed E-state index contributed by atoms with van der Waals surface area (Å²) in [6, 6.07) is 16.3. The Hall–Kier alpha value is -2.88. The number of nitriles is 1. The van der Waals surface area contributed by atoms with Gasteiger partial charge in [0, 0.05) is 32.4 Å². The van der Waals surface area contributed by atoms with E-state index in [-0.39, 0.29) is 0 Å². The van der Waals surface area contributed by atoms with Gasteiger partial charge in [-0.05, 0) is 29.7 Å². The molecular formula is C20H21N5O. The number of nitrogens with zero attached hydrogens (tertiary/aromatic N) is 4. The molecule has 0 saturated carbocycles. The minimum Gasteiger partial charge on any atom is -0.390 e. The Kier molecular flexibility index (Phi) is 4.57. The molecule has 1 unspecified atom stereocenters. The van der Waals surface area contributed by atoms with Gasteiger partial charge in [0.1, 0.15) is 11.7 Å². The largest absolute Gasteiger partial charge is 0.390 e. The molecule has 1 aromatic carbocycles. The third-order valence-corrected chi connectivity index (χ3v) is 4.82. The van der Waals surface area contributed by atoms with E-state index in [4.69, 9.17) is 0 Å². The first kappa shape index (κ1) is 16.6. The minimum absolute atomic E-state index is 0.358. The lowest BCUT2D eigenvalue weighted by atomic mass is 10.00. The number of imidazole rings is 1. The van der Waals surface area contributed by atoms with Gasteiger partial charge in [0.2, 0.25) is 0 Å². The molecule has 0 fully saturated rings. The molecule has 4 rings (SSSR count). The van der Waals surface area contributed by atoms with E-state index in [0.717, 1.165) is 19.5 Å². The lowest BCUT2D eigenvalue weighted by Gasteiger charge is -2.30. The third kappa shape index (κ3) is 3.27. The van der Waals surface area contributed by atoms with Crippen molar-refractivity contribution in [3.05, 3.63) is 65.5 Å². The second-order valence-corrected chi connectivity index (χ2v) is 6.64. The first-order valence-corrected chi connectivity index (χ1v) is 8.83. The van der Waals surface area contributed by atoms with Gasteiger partial charge >= 0.3 is 0 Å². The van der Waals surface area contributed by atoms with Gasteiger partial charge in [-0.25, -0.2) is 4.98 Å². The van der Waals surface area contributed by atoms with Crippen LogP contribution >= 0.6 is 0 Å². The first-order valence-electron chi connectivity index (χ1n) is 8.83. The fraction of sp³-hybridized carbons (Fsp3) is 0.300. The minimum atomic E-state index is -0.531. The molecule has 0 bridgehead atoms. The van der Waals surface area contributed by atoms with E-state index in [2.05, 4.69) is 45.5 Å². The molecule has 2 N–H and O–H groups in total. The normalized spacial score (nSPS) is 15.4. The number of hydrogen-bond donors (Lipinski definition) is 2. The van der Waals surface area contributed by atoms with Crippen LogP contribution in [0.4, 0.5) is 5.82 Å². The average molecular weight is 347 g/mol. The molecule has 1 atom stereocenters. The SMILES string of the molecule is N#Cc1c(NCC(O)CN2CCc3ccccc3C2)nc2ccccn12. The summed E-state index contributed by atoms with van der Waals surface area (Å²) in [6.45, 7) is 2.77. The summed E-state index contributed by atoms with van der Waals surface area (Å²) >= 11 is 0. The van der Waals surface area contributed by atoms with E-state index in [1.165, 1.54) is 11.1 Å². The maximum atomic E-state index is 10.4. The number of fused-ring (bicyclic) bond motifs is 2. The Morgan fingerprint density at radius 3 is 2.85 bits per heavy atom. The summed E-state index contributed by atoms with van der Waals surface area (Å²) in [5, 5.41) is 23.0. The Labute approximate surface area is 152 Å². The van der Waals surface area contributed by atoms with Crippen molar-refractivity contribution in [2.75, 3.05) is 25.0 Å². The lowest BCUT2D eigenvalue weighted by molar-refractivity contribution is 0.114. The second kappa shape index (κ2) is 7.16. The van der Waals surface area contributed by atoms with Crippen molar-refractivity contribution in [1.82, 2.24) is 14.3 Å². The van der Waals surface area contributed by atoms with Crippen LogP contribution in [0.15, 0.2) is 48.7 Å². The molecule has 6 heteroatoms. The maximum Gasteiger partial charge on any atom is 0.168 e. The van der Waals surface area contributed by atoms with E-state index >= 15 is 0 Å². The molecule has 3 aromatic rings. The van der Waals surface area contributed by atoms with Crippen molar-refractivity contribution in [3.63, 3.8) is 0 Å². The average Bonchev–Trinajstić information content (AvgIpc) is 3.04. The molecule has 2 aromatic heterocycles. The van der Waals surface area contributed by atoms with Crippen LogP contribution in [-0.2, 0) is 13.0 Å². The summed E-state index contributed by atoms with van der Waals surface area (Å²) in [6.07, 6.45) is 2.30. The van der Waals surface area contributed by atoms with Gasteiger partial charge in [-0.1, -0.05) is 30.3 Å². The highest BCUT2D eigenvalue weighted by molar-refractivity contribution is 5.58. The van der Waals surface area contributed by atoms with Gasteiger partial charge in [-0.3, -0.25) is 9.30 Å². The Bertz CT molecular complexity index is 958. The fourth-order valence-corrected chi connectivity index (χ4v) is 3.51. The number of nitrogens with one attached hydrogen (secondary N) is 1. The standard InChI is InChI=1S/C20H21N5O/c21-11-18-20(23-19-7-3-4-9-25(18)19)22-12-17(26)14-24-10-8-15-5-1-2-6-16(15)13-24/h1-7,9,17,22,26H,8,10,12-14H2. The number of pyridine rings is 1. The zero-order valence-corrected chi connectivity index (χ0v) is 14.5. The molecule has 0 spiro atoms. The Morgan fingerprint density at radius 2 is 2.00 bits per heavy atom. The summed E-state index contributed by atoms with van der Waals surface area (Å²) in [5.74, 6) is 0.515. The maximum absolute atomic E-state index is 10.4. The van der Waals surface area contributed by atoms with Gasteiger partial charge in [0.05, 0.1) is 6.10 Å². The van der Waals surface area contributed by atoms with Crippen molar-refractivity contribution < 1.29 is 5.11 Å². The molecule has 3 heterocycles. The topological polar surface area (TPSA) is 76.6 Å². The quantitative estimate of drug-likeness (QED) is 0.739. The molecule has 0 saturated heterocycles. The smallest absolute Gasteiger partial charge is 0.168 e. The van der Waals surface area contributed by atoms with E-state index in [0.29, 0.717) is 30.2 Å². The van der Waals surface area contributed by atoms with E-state index in [9.17, 15) is 10.4 Å². The third-order valence-electron chi connectivity index (χ3n) is 4.82. The molecule has 1 aliphatic rings. The van der Waals surface area contributed by atoms with Gasteiger partial charge in [-0.2, -0.15) is 5.26 Å². The summed E-state index contributed by atoms with van der Waals surface area (Å²) in [7, 11) is 0. The molecule has 0 amide bonds. The van der Waals surface area contributed by atoms with Crippen molar-refractivity contribution in [2.24, 2.45) is 0 Å². The van der Waals surface area contributed by atoms with E-state index in [1.807, 2.05) is 24.4 Å². The van der Waals surface area contributed by atoms with Crippen molar-refractivity contribution in [2.45, 2.75) is 19.1 Å². The number of benzene rings is 1. The van der Waals surface area contributed by atoms with Gasteiger partial charge in [-0.15, -0.1) is 0 Å². The van der Waals surface area contributed by atoms with Crippen LogP contribution in [0.1, 0.15) is 16.8 Å². The zero-order valence-electron chi connectivity index (χ0n) is 14.5. The van der Waals surface area contributed by atoms with Crippen LogP contribution in [0.3, 0.4) is 0 Å². The number of anilines is 1. The van der Waals surface area contributed by atoms with E-state index in [1.54, 1.807) is 4.40 Å². The summed E-state index contributed by atoms with van der Waals surface area (Å²) < 4.78 is 1.75. The van der Waals surface area contributed by atoms with Gasteiger partial charge in [0.25, 0.3) is 0 Å². The Balaban J connectivity index is 1.38. The summed E-state index contributed by atoms with van der Waals surface area (Å²) in [5.41, 5.74) is 3.92. The van der Waals surface area contributed by atoms with Crippen molar-refractivity contribution >= 4 is 11.5 Å². The highest BCUT2D eigenvalue weighted by atomic mass is 16.3. The van der Waals surface area contributed by atoms with Crippen LogP contribution in [0.25, 0.3) is 5.65 Å². The molecule has 1 aliphatic heterocycles. The number of rotatable bonds is 5. The van der Waals surface area contributed by atoms with Crippen LogP contribution in [-0.4, -0.2) is 45.1 Å². The highest BCUT2D eigenvalue weighted by Gasteiger charge is 2.19. The lowest BCUT2D eigenvalue weighted by Crippen LogP contribution is -2.39. The number of aliphatic hydroxyl groups excluding tert-OH is 1. The van der Waals surface area contributed by atoms with Gasteiger partial charge < -0.3 is 10.4 Å². The van der Waals surface area contributed by atoms with Gasteiger partial charge in [0.15, 0.2) is 11.5 Å². The van der Waals surface area contributed by atoms with Crippen LogP contribution in [0.5, 0.6) is 0 Å². The number of aromatic nitrogens is 2. The molecule has 26 heavy (non-hydrogen) atoms. The predicted octanol–water partition coefficient (Wildman–Crippen LogP) is 2.04. The van der Waals surface area contributed by atoms with Crippen LogP contribution in [0.2, 0.25) is 0 Å². The molecule has 0 aliphatic carbocycles. The predicted molar refractivity (Wildman–Crippen MR) is 99.8 cm³/mol. The molecule has 132 valence electrons. The van der Waals surface area contributed by atoms with E-state index < -0.39 is 6.10 Å². The first-order chi connectivity index (χ1) is 12.7. The zero-order chi connectivity index (χ0) is 17.9.